The fourth-order valence-corrected chi connectivity index (χ4v) is 10.9. The van der Waals surface area contributed by atoms with E-state index in [1.807, 2.05) is 48.5 Å². The van der Waals surface area contributed by atoms with E-state index in [1.165, 1.54) is 4.46 Å². The van der Waals surface area contributed by atoms with Crippen LogP contribution in [0.1, 0.15) is 0 Å². The third-order valence-electron chi connectivity index (χ3n) is 2.09. The van der Waals surface area contributed by atoms with E-state index < -0.39 is 11.5 Å². The fraction of sp³-hybridized carbons (Fsp3) is 0. The molecule has 84 valence electrons. The molecule has 0 bridgehead atoms. The molecule has 0 saturated heterocycles. The van der Waals surface area contributed by atoms with Crippen LogP contribution < -0.4 is 18.4 Å². The van der Waals surface area contributed by atoms with Gasteiger partial charge in [-0.2, -0.15) is 0 Å². The van der Waals surface area contributed by atoms with Gasteiger partial charge in [-0.25, -0.2) is 0 Å². The van der Waals surface area contributed by atoms with E-state index in [-0.39, 0.29) is 13.1 Å². The van der Waals surface area contributed by atoms with Crippen molar-refractivity contribution in [1.82, 2.24) is 0 Å². The van der Waals surface area contributed by atoms with Crippen LogP contribution in [-0.2, 0) is 0 Å². The van der Waals surface area contributed by atoms with Crippen LogP contribution in [0.25, 0.3) is 0 Å². The summed E-state index contributed by atoms with van der Waals surface area (Å²) in [7, 11) is 0. The predicted octanol–water partition coefficient (Wildman–Crippen LogP) is -0.220. The molecule has 4 heteroatoms. The van der Waals surface area contributed by atoms with E-state index >= 15 is 0 Å². The first kappa shape index (κ1) is 11.9. The van der Waals surface area contributed by atoms with Crippen LogP contribution in [0.4, 0.5) is 0 Å². The molecule has 0 amide bonds. The van der Waals surface area contributed by atoms with Crippen molar-refractivity contribution in [2.45, 2.75) is 0 Å². The molecule has 0 unspecified atom stereocenters. The monoisotopic (exact) mass is 346 g/mol. The Balaban J connectivity index is 2.21. The molecular formula is C12H14N2Se2. The van der Waals surface area contributed by atoms with E-state index in [9.17, 15) is 0 Å². The van der Waals surface area contributed by atoms with E-state index in [2.05, 4.69) is 12.1 Å². The Morgan fingerprint density at radius 2 is 1.25 bits per heavy atom. The number of rotatable bonds is 3. The van der Waals surface area contributed by atoms with Gasteiger partial charge in [-0.15, -0.1) is 0 Å². The molecule has 0 saturated carbocycles. The Bertz CT molecular complexity index is 443. The molecule has 2 nitrogen and oxygen atoms in total. The van der Waals surface area contributed by atoms with Gasteiger partial charge < -0.3 is 0 Å². The molecule has 0 aliphatic carbocycles. The van der Waals surface area contributed by atoms with Gasteiger partial charge in [-0.05, 0) is 0 Å². The van der Waals surface area contributed by atoms with Crippen molar-refractivity contribution in [3.05, 3.63) is 60.7 Å². The quantitative estimate of drug-likeness (QED) is 0.757. The Kier molecular flexibility index (Phi) is 3.82. The minimum atomic E-state index is -2.45. The van der Waals surface area contributed by atoms with Crippen LogP contribution in [0.15, 0.2) is 60.7 Å². The second kappa shape index (κ2) is 5.15. The summed E-state index contributed by atoms with van der Waals surface area (Å²) in [5.41, 5.74) is 0. The third-order valence-corrected chi connectivity index (χ3v) is 13.0. The van der Waals surface area contributed by atoms with Gasteiger partial charge in [0.25, 0.3) is 0 Å². The van der Waals surface area contributed by atoms with Gasteiger partial charge in [0.2, 0.25) is 0 Å². The Hall–Kier alpha value is -0.601. The molecule has 0 atom stereocenters. The summed E-state index contributed by atoms with van der Waals surface area (Å²) in [6.45, 7) is 0. The SMILES string of the molecule is N[Se](N)([Se]c1ccccc1)c1ccccc1. The van der Waals surface area contributed by atoms with Gasteiger partial charge in [-0.3, -0.25) is 0 Å². The van der Waals surface area contributed by atoms with Crippen LogP contribution in [0, 0.1) is 0 Å². The summed E-state index contributed by atoms with van der Waals surface area (Å²) in [4.78, 5) is 0. The van der Waals surface area contributed by atoms with Crippen molar-refractivity contribution in [2.24, 2.45) is 9.50 Å². The molecule has 0 aliphatic rings. The zero-order valence-corrected chi connectivity index (χ0v) is 12.2. The van der Waals surface area contributed by atoms with Crippen molar-refractivity contribution < 1.29 is 0 Å². The summed E-state index contributed by atoms with van der Waals surface area (Å²) in [6, 6.07) is 20.4. The molecule has 16 heavy (non-hydrogen) atoms. The standard InChI is InChI=1S/C12H14N2Se2/c13-16(14,12-9-5-2-6-10-12)15-11-7-3-1-4-8-11/h1-10H,13-14H2. The molecule has 0 aromatic heterocycles. The summed E-state index contributed by atoms with van der Waals surface area (Å²) in [6.07, 6.45) is 0. The van der Waals surface area contributed by atoms with Gasteiger partial charge in [0.1, 0.15) is 0 Å². The Morgan fingerprint density at radius 3 is 1.81 bits per heavy atom. The predicted molar refractivity (Wildman–Crippen MR) is 72.0 cm³/mol. The number of hydrogen-bond donors (Lipinski definition) is 2. The molecule has 0 spiro atoms. The summed E-state index contributed by atoms with van der Waals surface area (Å²) < 4.78 is 15.1. The molecule has 2 aromatic rings. The molecule has 2 rings (SSSR count). The van der Waals surface area contributed by atoms with Gasteiger partial charge in [0.05, 0.1) is 0 Å². The van der Waals surface area contributed by atoms with Crippen LogP contribution >= 0.6 is 0 Å². The first-order valence-corrected chi connectivity index (χ1v) is 12.9. The summed E-state index contributed by atoms with van der Waals surface area (Å²) in [5.74, 6) is 0. The number of benzene rings is 2. The summed E-state index contributed by atoms with van der Waals surface area (Å²) >= 11 is -2.27. The van der Waals surface area contributed by atoms with E-state index in [0.717, 1.165) is 4.46 Å². The average molecular weight is 344 g/mol. The van der Waals surface area contributed by atoms with Crippen molar-refractivity contribution in [3.63, 3.8) is 0 Å². The molecule has 2 aromatic carbocycles. The first-order valence-electron chi connectivity index (χ1n) is 4.87. The van der Waals surface area contributed by atoms with Gasteiger partial charge >= 0.3 is 104 Å². The van der Waals surface area contributed by atoms with Crippen LogP contribution in [-0.4, -0.2) is 24.6 Å². The van der Waals surface area contributed by atoms with Crippen LogP contribution in [0.2, 0.25) is 0 Å². The maximum atomic E-state index is 6.33. The van der Waals surface area contributed by atoms with E-state index in [0.29, 0.717) is 0 Å². The molecule has 0 radical (unpaired) electrons. The van der Waals surface area contributed by atoms with Crippen LogP contribution in [0.3, 0.4) is 0 Å². The molecule has 4 N–H and O–H groups in total. The van der Waals surface area contributed by atoms with Crippen molar-refractivity contribution in [2.75, 3.05) is 0 Å². The molecule has 0 heterocycles. The van der Waals surface area contributed by atoms with E-state index in [1.54, 1.807) is 0 Å². The maximum absolute atomic E-state index is 6.33. The van der Waals surface area contributed by atoms with Crippen molar-refractivity contribution >= 4 is 33.5 Å². The molecule has 0 aliphatic heterocycles. The molecule has 0 fully saturated rings. The zero-order chi connectivity index (χ0) is 11.4. The Labute approximate surface area is 103 Å². The normalized spacial score (nSPS) is 12.4. The number of nitrogens with two attached hydrogens (primary N) is 2. The first-order chi connectivity index (χ1) is 7.68. The third kappa shape index (κ3) is 2.96. The minimum absolute atomic E-state index is 0.180. The Morgan fingerprint density at radius 1 is 0.750 bits per heavy atom. The van der Waals surface area contributed by atoms with Gasteiger partial charge in [-0.1, -0.05) is 0 Å². The molecular weight excluding hydrogens is 330 g/mol. The van der Waals surface area contributed by atoms with Gasteiger partial charge in [0.15, 0.2) is 0 Å². The fourth-order valence-electron chi connectivity index (χ4n) is 1.32. The second-order valence-corrected chi connectivity index (χ2v) is 16.2. The summed E-state index contributed by atoms with van der Waals surface area (Å²) in [5, 5.41) is 0. The van der Waals surface area contributed by atoms with Gasteiger partial charge in [0, 0.05) is 0 Å². The number of hydrogen-bond acceptors (Lipinski definition) is 2. The topological polar surface area (TPSA) is 52.0 Å². The second-order valence-electron chi connectivity index (χ2n) is 3.36. The van der Waals surface area contributed by atoms with Crippen molar-refractivity contribution in [3.8, 4) is 0 Å². The van der Waals surface area contributed by atoms with Crippen LogP contribution in [0.5, 0.6) is 0 Å². The zero-order valence-electron chi connectivity index (χ0n) is 8.74. The average Bonchev–Trinajstić information content (AvgIpc) is 2.31. The van der Waals surface area contributed by atoms with Crippen molar-refractivity contribution in [1.29, 1.82) is 0 Å². The van der Waals surface area contributed by atoms with E-state index in [4.69, 9.17) is 9.50 Å².